The lowest BCUT2D eigenvalue weighted by atomic mass is 9.79. The van der Waals surface area contributed by atoms with Crippen LogP contribution in [0.2, 0.25) is 0 Å². The van der Waals surface area contributed by atoms with Crippen LogP contribution >= 0.6 is 0 Å². The number of furan rings is 1. The van der Waals surface area contributed by atoms with Crippen molar-refractivity contribution in [2.75, 3.05) is 11.6 Å². The Morgan fingerprint density at radius 2 is 1.97 bits per heavy atom. The van der Waals surface area contributed by atoms with Gasteiger partial charge in [0, 0.05) is 24.2 Å². The molecule has 0 aliphatic heterocycles. The minimum Gasteiger partial charge on any atom is -0.443 e. The maximum atomic E-state index is 13.0. The highest BCUT2D eigenvalue weighted by atomic mass is 32.2. The lowest BCUT2D eigenvalue weighted by Gasteiger charge is -2.31. The normalized spacial score (nSPS) is 26.8. The molecule has 3 aromatic rings. The number of carbonyl (C=O) groups excluding carboxylic acids is 1. The third-order valence-electron chi connectivity index (χ3n) is 7.72. The van der Waals surface area contributed by atoms with E-state index in [1.807, 2.05) is 6.07 Å². The Morgan fingerprint density at radius 3 is 2.68 bits per heavy atom. The molecular weight excluding hydrogens is 452 g/mol. The number of rotatable bonds is 6. The molecule has 3 aliphatic rings. The standard InChI is InChI=1S/C25H24N4O4S/c1-34(31,32)16-4-2-13(3-5-16)11-28-25(30)24-19-9-22(27-12-21(19)33-20(24)10-26)29-15-6-14-7-17-18(8-15)23(14)17/h2-5,9,12,14-15,17-18,23H,6-8,11H2,1H3,(H,27,29)(H,28,30). The molecule has 5 atom stereocenters. The molecule has 0 radical (unpaired) electrons. The molecule has 8 nitrogen and oxygen atoms in total. The van der Waals surface area contributed by atoms with Crippen molar-refractivity contribution in [3.05, 3.63) is 53.4 Å². The summed E-state index contributed by atoms with van der Waals surface area (Å²) in [6.07, 6.45) is 6.41. The molecule has 2 heterocycles. The summed E-state index contributed by atoms with van der Waals surface area (Å²) in [6, 6.07) is 10.5. The number of benzene rings is 1. The fourth-order valence-electron chi connectivity index (χ4n) is 6.03. The van der Waals surface area contributed by atoms with Crippen LogP contribution in [-0.2, 0) is 16.4 Å². The van der Waals surface area contributed by atoms with E-state index < -0.39 is 15.7 Å². The number of amides is 1. The van der Waals surface area contributed by atoms with Crippen molar-refractivity contribution >= 4 is 32.5 Å². The molecule has 0 saturated heterocycles. The number of nitrogens with one attached hydrogen (secondary N) is 2. The fraction of sp³-hybridized carbons (Fsp3) is 0.400. The van der Waals surface area contributed by atoms with Crippen LogP contribution in [0, 0.1) is 35.0 Å². The monoisotopic (exact) mass is 476 g/mol. The van der Waals surface area contributed by atoms with Crippen LogP contribution < -0.4 is 10.6 Å². The van der Waals surface area contributed by atoms with Gasteiger partial charge in [0.1, 0.15) is 17.5 Å². The molecule has 5 unspecified atom stereocenters. The third-order valence-corrected chi connectivity index (χ3v) is 8.85. The van der Waals surface area contributed by atoms with Gasteiger partial charge in [-0.05, 0) is 66.7 Å². The molecule has 2 aromatic heterocycles. The number of carbonyl (C=O) groups is 1. The molecule has 3 fully saturated rings. The van der Waals surface area contributed by atoms with Crippen LogP contribution in [0.25, 0.3) is 11.0 Å². The zero-order valence-electron chi connectivity index (χ0n) is 18.6. The number of pyridine rings is 1. The molecule has 3 aliphatic carbocycles. The van der Waals surface area contributed by atoms with Crippen molar-refractivity contribution in [3.8, 4) is 6.07 Å². The summed E-state index contributed by atoms with van der Waals surface area (Å²) in [5.74, 6) is 3.83. The molecule has 9 heteroatoms. The number of nitrogens with zero attached hydrogens (tertiary/aromatic N) is 2. The Balaban J connectivity index is 1.20. The van der Waals surface area contributed by atoms with E-state index in [0.717, 1.165) is 41.9 Å². The van der Waals surface area contributed by atoms with E-state index in [2.05, 4.69) is 15.6 Å². The summed E-state index contributed by atoms with van der Waals surface area (Å²) in [5.41, 5.74) is 1.31. The molecule has 174 valence electrons. The molecule has 1 aromatic carbocycles. The van der Waals surface area contributed by atoms with Crippen LogP contribution in [0.4, 0.5) is 5.82 Å². The predicted octanol–water partition coefficient (Wildman–Crippen LogP) is 3.49. The Bertz CT molecular complexity index is 1450. The van der Waals surface area contributed by atoms with E-state index in [9.17, 15) is 18.5 Å². The Labute approximate surface area is 197 Å². The van der Waals surface area contributed by atoms with Crippen molar-refractivity contribution in [1.82, 2.24) is 10.3 Å². The van der Waals surface area contributed by atoms with Gasteiger partial charge < -0.3 is 15.1 Å². The zero-order chi connectivity index (χ0) is 23.6. The number of anilines is 1. The first-order valence-corrected chi connectivity index (χ1v) is 13.4. The maximum Gasteiger partial charge on any atom is 0.256 e. The number of hydrogen-bond acceptors (Lipinski definition) is 7. The largest absolute Gasteiger partial charge is 0.443 e. The van der Waals surface area contributed by atoms with E-state index in [1.54, 1.807) is 24.4 Å². The van der Waals surface area contributed by atoms with Gasteiger partial charge in [-0.15, -0.1) is 0 Å². The third kappa shape index (κ3) is 3.53. The molecule has 2 N–H and O–H groups in total. The van der Waals surface area contributed by atoms with Crippen LogP contribution in [0.5, 0.6) is 0 Å². The van der Waals surface area contributed by atoms with Crippen molar-refractivity contribution in [2.24, 2.45) is 23.7 Å². The van der Waals surface area contributed by atoms with E-state index in [1.165, 1.54) is 25.0 Å². The van der Waals surface area contributed by atoms with Crippen molar-refractivity contribution in [1.29, 1.82) is 5.26 Å². The first-order valence-electron chi connectivity index (χ1n) is 11.5. The summed E-state index contributed by atoms with van der Waals surface area (Å²) < 4.78 is 28.8. The van der Waals surface area contributed by atoms with E-state index >= 15 is 0 Å². The van der Waals surface area contributed by atoms with Crippen molar-refractivity contribution in [2.45, 2.75) is 36.7 Å². The van der Waals surface area contributed by atoms with Crippen LogP contribution in [0.3, 0.4) is 0 Å². The highest BCUT2D eigenvalue weighted by molar-refractivity contribution is 7.90. The Hall–Kier alpha value is -3.38. The first kappa shape index (κ1) is 21.2. The lowest BCUT2D eigenvalue weighted by molar-refractivity contribution is 0.0951. The second-order valence-electron chi connectivity index (χ2n) is 9.80. The molecule has 34 heavy (non-hydrogen) atoms. The lowest BCUT2D eigenvalue weighted by Crippen LogP contribution is -2.30. The highest BCUT2D eigenvalue weighted by Crippen LogP contribution is 2.70. The number of aromatic nitrogens is 1. The molecule has 0 bridgehead atoms. The van der Waals surface area contributed by atoms with Crippen LogP contribution in [0.1, 0.15) is 40.9 Å². The van der Waals surface area contributed by atoms with Crippen LogP contribution in [-0.4, -0.2) is 31.6 Å². The molecule has 0 spiro atoms. The number of hydrogen-bond donors (Lipinski definition) is 2. The van der Waals surface area contributed by atoms with Gasteiger partial charge in [-0.25, -0.2) is 13.4 Å². The van der Waals surface area contributed by atoms with E-state index in [-0.39, 0.29) is 22.8 Å². The Morgan fingerprint density at radius 1 is 1.21 bits per heavy atom. The second kappa shape index (κ2) is 7.57. The summed E-state index contributed by atoms with van der Waals surface area (Å²) in [6.45, 7) is 0.184. The summed E-state index contributed by atoms with van der Waals surface area (Å²) >= 11 is 0. The minimum atomic E-state index is -3.28. The topological polar surface area (TPSA) is 125 Å². The molecule has 1 amide bonds. The maximum absolute atomic E-state index is 13.0. The average molecular weight is 477 g/mol. The smallest absolute Gasteiger partial charge is 0.256 e. The summed E-state index contributed by atoms with van der Waals surface area (Å²) in [4.78, 5) is 17.7. The fourth-order valence-corrected chi connectivity index (χ4v) is 6.66. The van der Waals surface area contributed by atoms with E-state index in [4.69, 9.17) is 4.42 Å². The van der Waals surface area contributed by atoms with Gasteiger partial charge in [-0.3, -0.25) is 4.79 Å². The Kier molecular flexibility index (Phi) is 4.71. The van der Waals surface area contributed by atoms with Crippen molar-refractivity contribution < 1.29 is 17.6 Å². The van der Waals surface area contributed by atoms with Crippen LogP contribution in [0.15, 0.2) is 45.8 Å². The quantitative estimate of drug-likeness (QED) is 0.558. The molecule has 3 saturated carbocycles. The van der Waals surface area contributed by atoms with Gasteiger partial charge in [-0.2, -0.15) is 5.26 Å². The van der Waals surface area contributed by atoms with Crippen molar-refractivity contribution in [3.63, 3.8) is 0 Å². The summed E-state index contributed by atoms with van der Waals surface area (Å²) in [5, 5.41) is 16.4. The number of sulfone groups is 1. The first-order chi connectivity index (χ1) is 16.3. The van der Waals surface area contributed by atoms with Gasteiger partial charge in [0.25, 0.3) is 5.91 Å². The highest BCUT2D eigenvalue weighted by Gasteiger charge is 2.65. The van der Waals surface area contributed by atoms with Gasteiger partial charge >= 0.3 is 0 Å². The van der Waals surface area contributed by atoms with E-state index in [0.29, 0.717) is 22.8 Å². The minimum absolute atomic E-state index is 0.0572. The summed E-state index contributed by atoms with van der Waals surface area (Å²) in [7, 11) is -3.28. The van der Waals surface area contributed by atoms with Gasteiger partial charge in [0.05, 0.1) is 11.1 Å². The van der Waals surface area contributed by atoms with Gasteiger partial charge in [-0.1, -0.05) is 12.1 Å². The SMILES string of the molecule is CS(=O)(=O)c1ccc(CNC(=O)c2c(C#N)oc3cnc(NC4CC5CC6C(C4)C56)cc23)cc1. The van der Waals surface area contributed by atoms with Gasteiger partial charge in [0.15, 0.2) is 15.4 Å². The molecular formula is C25H24N4O4S. The number of fused-ring (bicyclic) bond motifs is 2. The zero-order valence-corrected chi connectivity index (χ0v) is 19.4. The average Bonchev–Trinajstić information content (AvgIpc) is 3.30. The van der Waals surface area contributed by atoms with Gasteiger partial charge in [0.2, 0.25) is 5.76 Å². The number of nitriles is 1. The molecule has 6 rings (SSSR count). The predicted molar refractivity (Wildman–Crippen MR) is 125 cm³/mol. The second-order valence-corrected chi connectivity index (χ2v) is 11.8.